The van der Waals surface area contributed by atoms with Crippen molar-refractivity contribution in [1.82, 2.24) is 15.2 Å². The fraction of sp³-hybridized carbons (Fsp3) is 0.400. The van der Waals surface area contributed by atoms with Gasteiger partial charge in [0.05, 0.1) is 6.04 Å². The van der Waals surface area contributed by atoms with Crippen molar-refractivity contribution in [2.24, 2.45) is 0 Å². The molecule has 0 radical (unpaired) electrons. The van der Waals surface area contributed by atoms with Crippen molar-refractivity contribution in [3.05, 3.63) is 54.4 Å². The summed E-state index contributed by atoms with van der Waals surface area (Å²) < 4.78 is 41.3. The average Bonchev–Trinajstić information content (AvgIpc) is 2.73. The van der Waals surface area contributed by atoms with Crippen molar-refractivity contribution >= 4 is 11.7 Å². The molecule has 2 aromatic rings. The number of halogens is 3. The SMILES string of the molecule is CC(NC(=O)N1CCN(c2ccncc2)CC1)c1ccc(OCC(F)(F)F)cc1. The van der Waals surface area contributed by atoms with Gasteiger partial charge in [0, 0.05) is 44.3 Å². The number of hydrogen-bond acceptors (Lipinski definition) is 4. The van der Waals surface area contributed by atoms with E-state index in [4.69, 9.17) is 4.74 Å². The van der Waals surface area contributed by atoms with Crippen molar-refractivity contribution in [3.8, 4) is 5.75 Å². The number of alkyl halides is 3. The third kappa shape index (κ3) is 6.00. The van der Waals surface area contributed by atoms with Gasteiger partial charge in [0.25, 0.3) is 0 Å². The number of amides is 2. The fourth-order valence-electron chi connectivity index (χ4n) is 3.10. The molecule has 1 aliphatic rings. The van der Waals surface area contributed by atoms with Crippen LogP contribution in [0.4, 0.5) is 23.7 Å². The van der Waals surface area contributed by atoms with Gasteiger partial charge in [0.2, 0.25) is 0 Å². The minimum Gasteiger partial charge on any atom is -0.484 e. The van der Waals surface area contributed by atoms with Crippen LogP contribution in [-0.2, 0) is 0 Å². The second-order valence-electron chi connectivity index (χ2n) is 6.82. The number of rotatable bonds is 5. The Kier molecular flexibility index (Phi) is 6.46. The second kappa shape index (κ2) is 9.02. The number of carbonyl (C=O) groups is 1. The molecule has 29 heavy (non-hydrogen) atoms. The van der Waals surface area contributed by atoms with Crippen molar-refractivity contribution in [1.29, 1.82) is 0 Å². The summed E-state index contributed by atoms with van der Waals surface area (Å²) in [5.74, 6) is 0.136. The zero-order valence-electron chi connectivity index (χ0n) is 16.0. The molecule has 1 aromatic carbocycles. The van der Waals surface area contributed by atoms with E-state index in [0.29, 0.717) is 13.1 Å². The smallest absolute Gasteiger partial charge is 0.422 e. The molecule has 0 aliphatic carbocycles. The third-order valence-corrected chi connectivity index (χ3v) is 4.72. The van der Waals surface area contributed by atoms with Crippen LogP contribution in [0.2, 0.25) is 0 Å². The van der Waals surface area contributed by atoms with Crippen molar-refractivity contribution in [3.63, 3.8) is 0 Å². The number of hydrogen-bond donors (Lipinski definition) is 1. The van der Waals surface area contributed by atoms with E-state index in [1.165, 1.54) is 12.1 Å². The number of carbonyl (C=O) groups excluding carboxylic acids is 1. The number of urea groups is 1. The summed E-state index contributed by atoms with van der Waals surface area (Å²) in [5, 5.41) is 2.93. The van der Waals surface area contributed by atoms with Crippen molar-refractivity contribution in [2.75, 3.05) is 37.7 Å². The van der Waals surface area contributed by atoms with E-state index in [1.807, 2.05) is 19.1 Å². The van der Waals surface area contributed by atoms with Gasteiger partial charge >= 0.3 is 12.2 Å². The van der Waals surface area contributed by atoms with E-state index in [1.54, 1.807) is 29.4 Å². The largest absolute Gasteiger partial charge is 0.484 e. The maximum Gasteiger partial charge on any atom is 0.422 e. The quantitative estimate of drug-likeness (QED) is 0.821. The maximum absolute atomic E-state index is 12.5. The molecule has 2 heterocycles. The minimum atomic E-state index is -4.37. The second-order valence-corrected chi connectivity index (χ2v) is 6.82. The topological polar surface area (TPSA) is 57.7 Å². The molecule has 0 bridgehead atoms. The van der Waals surface area contributed by atoms with E-state index >= 15 is 0 Å². The first-order chi connectivity index (χ1) is 13.8. The molecule has 156 valence electrons. The minimum absolute atomic E-state index is 0.136. The van der Waals surface area contributed by atoms with Gasteiger partial charge < -0.3 is 19.9 Å². The van der Waals surface area contributed by atoms with Crippen LogP contribution < -0.4 is 15.0 Å². The van der Waals surface area contributed by atoms with Gasteiger partial charge in [-0.25, -0.2) is 4.79 Å². The van der Waals surface area contributed by atoms with Gasteiger partial charge in [-0.3, -0.25) is 4.98 Å². The summed E-state index contributed by atoms with van der Waals surface area (Å²) in [6.45, 7) is 3.17. The van der Waals surface area contributed by atoms with Gasteiger partial charge in [-0.2, -0.15) is 13.2 Å². The lowest BCUT2D eigenvalue weighted by molar-refractivity contribution is -0.153. The highest BCUT2D eigenvalue weighted by atomic mass is 19.4. The summed E-state index contributed by atoms with van der Waals surface area (Å²) in [6, 6.07) is 9.69. The van der Waals surface area contributed by atoms with Crippen LogP contribution in [0, 0.1) is 0 Å². The number of ether oxygens (including phenoxy) is 1. The first kappa shape index (κ1) is 20.8. The lowest BCUT2D eigenvalue weighted by atomic mass is 10.1. The van der Waals surface area contributed by atoms with Crippen LogP contribution in [-0.4, -0.2) is 54.9 Å². The molecule has 0 saturated carbocycles. The molecule has 1 aliphatic heterocycles. The Morgan fingerprint density at radius 2 is 1.72 bits per heavy atom. The van der Waals surface area contributed by atoms with Gasteiger partial charge in [0.1, 0.15) is 5.75 Å². The maximum atomic E-state index is 12.5. The van der Waals surface area contributed by atoms with Crippen LogP contribution in [0.3, 0.4) is 0 Å². The van der Waals surface area contributed by atoms with Crippen LogP contribution in [0.5, 0.6) is 5.75 Å². The monoisotopic (exact) mass is 408 g/mol. The van der Waals surface area contributed by atoms with Gasteiger partial charge in [-0.15, -0.1) is 0 Å². The number of pyridine rings is 1. The Bertz CT molecular complexity index is 792. The fourth-order valence-corrected chi connectivity index (χ4v) is 3.10. The summed E-state index contributed by atoms with van der Waals surface area (Å²) in [5.41, 5.74) is 1.87. The summed E-state index contributed by atoms with van der Waals surface area (Å²) >= 11 is 0. The van der Waals surface area contributed by atoms with Crippen LogP contribution in [0.15, 0.2) is 48.8 Å². The third-order valence-electron chi connectivity index (χ3n) is 4.72. The van der Waals surface area contributed by atoms with Gasteiger partial charge in [-0.1, -0.05) is 12.1 Å². The molecule has 9 heteroatoms. The number of aromatic nitrogens is 1. The van der Waals surface area contributed by atoms with Crippen LogP contribution in [0.25, 0.3) is 0 Å². The first-order valence-corrected chi connectivity index (χ1v) is 9.32. The Hall–Kier alpha value is -2.97. The number of nitrogens with zero attached hydrogens (tertiary/aromatic N) is 3. The van der Waals surface area contributed by atoms with Gasteiger partial charge in [-0.05, 0) is 36.8 Å². The van der Waals surface area contributed by atoms with E-state index in [9.17, 15) is 18.0 Å². The van der Waals surface area contributed by atoms with E-state index in [2.05, 4.69) is 15.2 Å². The molecule has 0 spiro atoms. The number of anilines is 1. The zero-order chi connectivity index (χ0) is 20.9. The Morgan fingerprint density at radius 3 is 2.31 bits per heavy atom. The Labute approximate surface area is 167 Å². The number of piperazine rings is 1. The molecular formula is C20H23F3N4O2. The lowest BCUT2D eigenvalue weighted by Crippen LogP contribution is -2.52. The molecule has 3 rings (SSSR count). The predicted molar refractivity (Wildman–Crippen MR) is 103 cm³/mol. The van der Waals surface area contributed by atoms with Crippen molar-refractivity contribution in [2.45, 2.75) is 19.1 Å². The van der Waals surface area contributed by atoms with Crippen LogP contribution >= 0.6 is 0 Å². The summed E-state index contributed by atoms with van der Waals surface area (Å²) in [7, 11) is 0. The molecule has 1 unspecified atom stereocenters. The summed E-state index contributed by atoms with van der Waals surface area (Å²) in [4.78, 5) is 20.5. The Balaban J connectivity index is 1.48. The normalized spacial score (nSPS) is 15.7. The van der Waals surface area contributed by atoms with Crippen LogP contribution in [0.1, 0.15) is 18.5 Å². The molecule has 6 nitrogen and oxygen atoms in total. The predicted octanol–water partition coefficient (Wildman–Crippen LogP) is 3.62. The van der Waals surface area contributed by atoms with E-state index in [-0.39, 0.29) is 17.8 Å². The number of nitrogens with one attached hydrogen (secondary N) is 1. The lowest BCUT2D eigenvalue weighted by Gasteiger charge is -2.36. The van der Waals surface area contributed by atoms with E-state index in [0.717, 1.165) is 24.3 Å². The zero-order valence-corrected chi connectivity index (χ0v) is 16.0. The van der Waals surface area contributed by atoms with E-state index < -0.39 is 12.8 Å². The molecule has 1 fully saturated rings. The highest BCUT2D eigenvalue weighted by Crippen LogP contribution is 2.21. The highest BCUT2D eigenvalue weighted by molar-refractivity contribution is 5.75. The average molecular weight is 408 g/mol. The number of benzene rings is 1. The van der Waals surface area contributed by atoms with Gasteiger partial charge in [0.15, 0.2) is 6.61 Å². The molecule has 1 saturated heterocycles. The molecule has 2 amide bonds. The molecular weight excluding hydrogens is 385 g/mol. The molecule has 1 N–H and O–H groups in total. The summed E-state index contributed by atoms with van der Waals surface area (Å²) in [6.07, 6.45) is -0.883. The molecule has 1 atom stereocenters. The standard InChI is InChI=1S/C20H23F3N4O2/c1-15(16-2-4-18(5-3-16)29-14-20(21,22)23)25-19(28)27-12-10-26(11-13-27)17-6-8-24-9-7-17/h2-9,15H,10-14H2,1H3,(H,25,28). The first-order valence-electron chi connectivity index (χ1n) is 9.32. The Morgan fingerprint density at radius 1 is 1.10 bits per heavy atom. The molecule has 1 aromatic heterocycles. The highest BCUT2D eigenvalue weighted by Gasteiger charge is 2.28. The van der Waals surface area contributed by atoms with Crippen molar-refractivity contribution < 1.29 is 22.7 Å².